The van der Waals surface area contributed by atoms with E-state index in [0.29, 0.717) is 4.83 Å². The molecule has 0 amide bonds. The van der Waals surface area contributed by atoms with Crippen molar-refractivity contribution in [3.8, 4) is 0 Å². The maximum absolute atomic E-state index is 5.89. The zero-order valence-electron chi connectivity index (χ0n) is 5.64. The lowest BCUT2D eigenvalue weighted by Gasteiger charge is -2.04. The van der Waals surface area contributed by atoms with E-state index in [1.165, 1.54) is 0 Å². The molecule has 1 aromatic carbocycles. The topological polar surface area (TPSA) is 0 Å². The van der Waals surface area contributed by atoms with Gasteiger partial charge in [-0.05, 0) is 18.6 Å². The largest absolute Gasteiger partial charge is 0.0841 e. The average Bonchev–Trinajstić information content (AvgIpc) is 1.88. The lowest BCUT2D eigenvalue weighted by atomic mass is 10.2. The van der Waals surface area contributed by atoms with Crippen molar-refractivity contribution in [1.29, 1.82) is 0 Å². The van der Waals surface area contributed by atoms with E-state index < -0.39 is 0 Å². The second-order valence-corrected chi connectivity index (χ2v) is 3.92. The molecule has 1 atom stereocenters. The molecule has 2 heteroatoms. The third-order valence-electron chi connectivity index (χ3n) is 1.33. The molecule has 1 rings (SSSR count). The van der Waals surface area contributed by atoms with Gasteiger partial charge in [-0.1, -0.05) is 45.7 Å². The van der Waals surface area contributed by atoms with Crippen molar-refractivity contribution in [3.05, 3.63) is 34.9 Å². The molecule has 10 heavy (non-hydrogen) atoms. The molecule has 0 aliphatic heterocycles. The van der Waals surface area contributed by atoms with E-state index in [9.17, 15) is 0 Å². The summed E-state index contributed by atoms with van der Waals surface area (Å²) in [4.78, 5) is 0.334. The van der Waals surface area contributed by atoms with E-state index in [1.807, 2.05) is 24.3 Å². The van der Waals surface area contributed by atoms with Crippen molar-refractivity contribution in [2.45, 2.75) is 11.8 Å². The van der Waals surface area contributed by atoms with Gasteiger partial charge in [0.15, 0.2) is 0 Å². The molecule has 0 aromatic heterocycles. The van der Waals surface area contributed by atoms with E-state index in [-0.39, 0.29) is 0 Å². The van der Waals surface area contributed by atoms with Crippen LogP contribution in [0.4, 0.5) is 0 Å². The van der Waals surface area contributed by atoms with Gasteiger partial charge in [0.1, 0.15) is 0 Å². The zero-order valence-corrected chi connectivity index (χ0v) is 7.98. The van der Waals surface area contributed by atoms with E-state index in [1.54, 1.807) is 0 Å². The highest BCUT2D eigenvalue weighted by Gasteiger charge is 2.02. The molecule has 0 nitrogen and oxygen atoms in total. The first kappa shape index (κ1) is 8.09. The molecule has 0 aliphatic rings. The molecule has 0 unspecified atom stereocenters. The van der Waals surface area contributed by atoms with Crippen molar-refractivity contribution in [1.82, 2.24) is 0 Å². The summed E-state index contributed by atoms with van der Waals surface area (Å²) in [6, 6.07) is 7.83. The molecule has 0 spiro atoms. The molecule has 54 valence electrons. The van der Waals surface area contributed by atoms with Crippen molar-refractivity contribution < 1.29 is 0 Å². The first-order valence-corrected chi connectivity index (χ1v) is 4.39. The van der Waals surface area contributed by atoms with E-state index in [4.69, 9.17) is 11.6 Å². The SMILES string of the molecule is C[C@H](Br)c1ccccc1Cl. The summed E-state index contributed by atoms with van der Waals surface area (Å²) in [5.41, 5.74) is 1.14. The molecule has 1 aromatic rings. The highest BCUT2D eigenvalue weighted by atomic mass is 79.9. The lowest BCUT2D eigenvalue weighted by Crippen LogP contribution is -1.82. The maximum Gasteiger partial charge on any atom is 0.0449 e. The van der Waals surface area contributed by atoms with Gasteiger partial charge in [-0.25, -0.2) is 0 Å². The van der Waals surface area contributed by atoms with Crippen LogP contribution in [0, 0.1) is 0 Å². The van der Waals surface area contributed by atoms with Crippen LogP contribution >= 0.6 is 27.5 Å². The molecular formula is C8H8BrCl. The monoisotopic (exact) mass is 218 g/mol. The van der Waals surface area contributed by atoms with E-state index in [0.717, 1.165) is 10.6 Å². The van der Waals surface area contributed by atoms with Crippen molar-refractivity contribution in [2.75, 3.05) is 0 Å². The van der Waals surface area contributed by atoms with Gasteiger partial charge >= 0.3 is 0 Å². The third kappa shape index (κ3) is 1.74. The maximum atomic E-state index is 5.89. The van der Waals surface area contributed by atoms with Gasteiger partial charge in [-0.2, -0.15) is 0 Å². The van der Waals surface area contributed by atoms with Gasteiger partial charge in [0.05, 0.1) is 0 Å². The van der Waals surface area contributed by atoms with Crippen molar-refractivity contribution >= 4 is 27.5 Å². The molecule has 0 fully saturated rings. The van der Waals surface area contributed by atoms with Gasteiger partial charge in [0.2, 0.25) is 0 Å². The van der Waals surface area contributed by atoms with Crippen molar-refractivity contribution in [2.24, 2.45) is 0 Å². The molecule has 0 bridgehead atoms. The number of hydrogen-bond acceptors (Lipinski definition) is 0. The van der Waals surface area contributed by atoms with Crippen LogP contribution in [0.3, 0.4) is 0 Å². The van der Waals surface area contributed by atoms with E-state index >= 15 is 0 Å². The molecule has 0 saturated carbocycles. The minimum Gasteiger partial charge on any atom is -0.0841 e. The quantitative estimate of drug-likeness (QED) is 0.630. The number of rotatable bonds is 1. The third-order valence-corrected chi connectivity index (χ3v) is 2.17. The smallest absolute Gasteiger partial charge is 0.0449 e. The highest BCUT2D eigenvalue weighted by Crippen LogP contribution is 2.27. The number of hydrogen-bond donors (Lipinski definition) is 0. The zero-order chi connectivity index (χ0) is 7.56. The molecule has 0 radical (unpaired) electrons. The minimum atomic E-state index is 0.334. The standard InChI is InChI=1S/C8H8BrCl/c1-6(9)7-4-2-3-5-8(7)10/h2-6H,1H3/t6-/m0/s1. The van der Waals surface area contributed by atoms with Gasteiger partial charge in [-0.3, -0.25) is 0 Å². The normalized spacial score (nSPS) is 13.1. The second-order valence-electron chi connectivity index (χ2n) is 2.14. The minimum absolute atomic E-state index is 0.334. The first-order chi connectivity index (χ1) is 4.72. The summed E-state index contributed by atoms with van der Waals surface area (Å²) in [6.07, 6.45) is 0. The van der Waals surface area contributed by atoms with Crippen LogP contribution in [-0.4, -0.2) is 0 Å². The Morgan fingerprint density at radius 2 is 2.00 bits per heavy atom. The van der Waals surface area contributed by atoms with Crippen LogP contribution in [0.5, 0.6) is 0 Å². The summed E-state index contributed by atoms with van der Waals surface area (Å²) in [5, 5.41) is 0.826. The fourth-order valence-corrected chi connectivity index (χ4v) is 1.63. The molecular weight excluding hydrogens is 211 g/mol. The van der Waals surface area contributed by atoms with Crippen LogP contribution in [0.15, 0.2) is 24.3 Å². The fraction of sp³-hybridized carbons (Fsp3) is 0.250. The van der Waals surface area contributed by atoms with Crippen molar-refractivity contribution in [3.63, 3.8) is 0 Å². The van der Waals surface area contributed by atoms with E-state index in [2.05, 4.69) is 22.9 Å². The fourth-order valence-electron chi connectivity index (χ4n) is 0.798. The summed E-state index contributed by atoms with van der Waals surface area (Å²) in [7, 11) is 0. The van der Waals surface area contributed by atoms with Crippen LogP contribution in [-0.2, 0) is 0 Å². The Morgan fingerprint density at radius 3 is 2.40 bits per heavy atom. The summed E-state index contributed by atoms with van der Waals surface area (Å²) >= 11 is 9.34. The first-order valence-electron chi connectivity index (χ1n) is 3.10. The Balaban J connectivity index is 3.03. The van der Waals surface area contributed by atoms with Crippen LogP contribution < -0.4 is 0 Å². The average molecular weight is 220 g/mol. The Bertz CT molecular complexity index is 220. The van der Waals surface area contributed by atoms with Gasteiger partial charge in [0.25, 0.3) is 0 Å². The number of halogens is 2. The second kappa shape index (κ2) is 3.40. The van der Waals surface area contributed by atoms with Crippen LogP contribution in [0.2, 0.25) is 5.02 Å². The highest BCUT2D eigenvalue weighted by molar-refractivity contribution is 9.09. The summed E-state index contributed by atoms with van der Waals surface area (Å²) in [6.45, 7) is 2.06. The van der Waals surface area contributed by atoms with Gasteiger partial charge in [0, 0.05) is 9.85 Å². The van der Waals surface area contributed by atoms with Crippen LogP contribution in [0.1, 0.15) is 17.3 Å². The number of alkyl halides is 1. The Kier molecular flexibility index (Phi) is 2.75. The van der Waals surface area contributed by atoms with Gasteiger partial charge < -0.3 is 0 Å². The van der Waals surface area contributed by atoms with Gasteiger partial charge in [-0.15, -0.1) is 0 Å². The van der Waals surface area contributed by atoms with Crippen LogP contribution in [0.25, 0.3) is 0 Å². The lowest BCUT2D eigenvalue weighted by molar-refractivity contribution is 1.12. The Hall–Kier alpha value is -0.0100. The molecule has 0 saturated heterocycles. The molecule has 0 heterocycles. The summed E-state index contributed by atoms with van der Waals surface area (Å²) in [5.74, 6) is 0. The predicted molar refractivity (Wildman–Crippen MR) is 48.8 cm³/mol. The Morgan fingerprint density at radius 1 is 1.40 bits per heavy atom. The number of benzene rings is 1. The predicted octanol–water partition coefficient (Wildman–Crippen LogP) is 3.80. The Labute approximate surface area is 74.3 Å². The molecule has 0 N–H and O–H groups in total. The molecule has 0 aliphatic carbocycles. The summed E-state index contributed by atoms with van der Waals surface area (Å²) < 4.78 is 0.